The molecule has 1 heterocycles. The molecule has 3 aromatic rings. The Morgan fingerprint density at radius 3 is 2.53 bits per heavy atom. The van der Waals surface area contributed by atoms with Crippen LogP contribution in [0.25, 0.3) is 10.9 Å². The van der Waals surface area contributed by atoms with Crippen molar-refractivity contribution in [2.75, 3.05) is 11.5 Å². The lowest BCUT2D eigenvalue weighted by molar-refractivity contribution is -0.129. The molecule has 0 saturated carbocycles. The Hall–Kier alpha value is -3.30. The molecule has 2 aromatic carbocycles. The molecule has 0 radical (unpaired) electrons. The van der Waals surface area contributed by atoms with E-state index in [2.05, 4.69) is 15.6 Å². The highest BCUT2D eigenvalue weighted by Gasteiger charge is 2.22. The molecule has 1 aromatic heterocycles. The fourth-order valence-corrected chi connectivity index (χ4v) is 4.10. The summed E-state index contributed by atoms with van der Waals surface area (Å²) in [5, 5.41) is 15.2. The zero-order chi connectivity index (χ0) is 22.8. The van der Waals surface area contributed by atoms with E-state index in [-0.39, 0.29) is 18.2 Å². The van der Waals surface area contributed by atoms with Crippen LogP contribution in [0, 0.1) is 0 Å². The topological polar surface area (TPSA) is 123 Å². The average molecular weight is 455 g/mol. The summed E-state index contributed by atoms with van der Waals surface area (Å²) < 4.78 is 0. The molecule has 0 spiro atoms. The number of carbonyl (C=O) groups is 3. The predicted molar refractivity (Wildman–Crippen MR) is 124 cm³/mol. The van der Waals surface area contributed by atoms with Gasteiger partial charge in [-0.25, -0.2) is 5.48 Å². The van der Waals surface area contributed by atoms with Crippen molar-refractivity contribution in [1.82, 2.24) is 21.1 Å². The molecule has 32 heavy (non-hydrogen) atoms. The SMILES string of the molecule is O=C(CCCSC[C@H](NC(=O)c1cc2ccccc2[nH]1)C(=O)NCc1ccccc1)NO. The zero-order valence-corrected chi connectivity index (χ0v) is 18.3. The van der Waals surface area contributed by atoms with Gasteiger partial charge in [0.15, 0.2) is 0 Å². The fraction of sp³-hybridized carbons (Fsp3) is 0.261. The normalized spacial score (nSPS) is 11.7. The molecule has 5 N–H and O–H groups in total. The monoisotopic (exact) mass is 454 g/mol. The van der Waals surface area contributed by atoms with E-state index in [4.69, 9.17) is 5.21 Å². The number of hydrogen-bond acceptors (Lipinski definition) is 5. The van der Waals surface area contributed by atoms with Crippen molar-refractivity contribution in [3.8, 4) is 0 Å². The molecule has 3 rings (SSSR count). The Balaban J connectivity index is 1.60. The fourth-order valence-electron chi connectivity index (χ4n) is 3.11. The van der Waals surface area contributed by atoms with Gasteiger partial charge in [0.05, 0.1) is 0 Å². The van der Waals surface area contributed by atoms with Gasteiger partial charge in [0.2, 0.25) is 11.8 Å². The molecule has 0 aliphatic carbocycles. The molecule has 9 heteroatoms. The Labute approximate surface area is 190 Å². The molecule has 1 atom stereocenters. The van der Waals surface area contributed by atoms with Crippen molar-refractivity contribution in [3.05, 3.63) is 71.9 Å². The number of amides is 3. The Kier molecular flexibility index (Phi) is 8.70. The molecular weight excluding hydrogens is 428 g/mol. The predicted octanol–water partition coefficient (Wildman–Crippen LogP) is 2.60. The second-order valence-corrected chi connectivity index (χ2v) is 8.36. The number of hydroxylamine groups is 1. The van der Waals surface area contributed by atoms with Gasteiger partial charge in [0.25, 0.3) is 5.91 Å². The maximum atomic E-state index is 12.8. The highest BCUT2D eigenvalue weighted by molar-refractivity contribution is 7.99. The van der Waals surface area contributed by atoms with E-state index in [9.17, 15) is 14.4 Å². The number of benzene rings is 2. The van der Waals surface area contributed by atoms with Crippen molar-refractivity contribution in [3.63, 3.8) is 0 Å². The highest BCUT2D eigenvalue weighted by Crippen LogP contribution is 2.15. The quantitative estimate of drug-likeness (QED) is 0.173. The van der Waals surface area contributed by atoms with Crippen LogP contribution in [-0.2, 0) is 16.1 Å². The van der Waals surface area contributed by atoms with Crippen molar-refractivity contribution in [1.29, 1.82) is 0 Å². The number of aromatic nitrogens is 1. The minimum absolute atomic E-state index is 0.190. The second-order valence-electron chi connectivity index (χ2n) is 7.21. The number of hydrogen-bond donors (Lipinski definition) is 5. The van der Waals surface area contributed by atoms with Gasteiger partial charge in [0, 0.05) is 29.6 Å². The van der Waals surface area contributed by atoms with E-state index in [1.807, 2.05) is 54.6 Å². The number of rotatable bonds is 11. The summed E-state index contributed by atoms with van der Waals surface area (Å²) in [5.41, 5.74) is 3.79. The minimum Gasteiger partial charge on any atom is -0.351 e. The molecular formula is C23H26N4O4S. The summed E-state index contributed by atoms with van der Waals surface area (Å²) in [4.78, 5) is 39.8. The highest BCUT2D eigenvalue weighted by atomic mass is 32.2. The number of carbonyl (C=O) groups excluding carboxylic acids is 3. The van der Waals surface area contributed by atoms with Crippen molar-refractivity contribution < 1.29 is 19.6 Å². The van der Waals surface area contributed by atoms with Gasteiger partial charge < -0.3 is 15.6 Å². The molecule has 0 aliphatic heterocycles. The van der Waals surface area contributed by atoms with Gasteiger partial charge in [-0.05, 0) is 29.9 Å². The molecule has 0 saturated heterocycles. The van der Waals surface area contributed by atoms with E-state index in [1.54, 1.807) is 11.5 Å². The first-order chi connectivity index (χ1) is 15.6. The summed E-state index contributed by atoms with van der Waals surface area (Å²) in [6.07, 6.45) is 0.737. The smallest absolute Gasteiger partial charge is 0.268 e. The van der Waals surface area contributed by atoms with Crippen molar-refractivity contribution in [2.24, 2.45) is 0 Å². The first kappa shape index (κ1) is 23.4. The summed E-state index contributed by atoms with van der Waals surface area (Å²) in [7, 11) is 0. The second kappa shape index (κ2) is 11.9. The van der Waals surface area contributed by atoms with Crippen LogP contribution in [-0.4, -0.2) is 45.5 Å². The molecule has 8 nitrogen and oxygen atoms in total. The lowest BCUT2D eigenvalue weighted by Gasteiger charge is -2.18. The third-order valence-electron chi connectivity index (χ3n) is 4.81. The first-order valence-electron chi connectivity index (χ1n) is 10.3. The summed E-state index contributed by atoms with van der Waals surface area (Å²) >= 11 is 1.46. The Morgan fingerprint density at radius 1 is 1.03 bits per heavy atom. The zero-order valence-electron chi connectivity index (χ0n) is 17.5. The third-order valence-corrected chi connectivity index (χ3v) is 5.95. The maximum Gasteiger partial charge on any atom is 0.268 e. The maximum absolute atomic E-state index is 12.8. The van der Waals surface area contributed by atoms with Gasteiger partial charge in [0.1, 0.15) is 11.7 Å². The average Bonchev–Trinajstić information content (AvgIpc) is 3.26. The summed E-state index contributed by atoms with van der Waals surface area (Å²) in [6, 6.07) is 18.1. The first-order valence-corrected chi connectivity index (χ1v) is 11.4. The number of thioether (sulfide) groups is 1. The van der Waals surface area contributed by atoms with E-state index in [0.717, 1.165) is 16.5 Å². The lowest BCUT2D eigenvalue weighted by atomic mass is 10.2. The van der Waals surface area contributed by atoms with Gasteiger partial charge in [-0.3, -0.25) is 19.6 Å². The van der Waals surface area contributed by atoms with Crippen LogP contribution < -0.4 is 16.1 Å². The van der Waals surface area contributed by atoms with E-state index in [1.165, 1.54) is 11.8 Å². The summed E-state index contributed by atoms with van der Waals surface area (Å²) in [5.74, 6) is -0.124. The van der Waals surface area contributed by atoms with Gasteiger partial charge >= 0.3 is 0 Å². The minimum atomic E-state index is -0.741. The standard InChI is InChI=1S/C23H26N4O4S/c28-21(27-31)11-6-12-32-15-20(22(29)24-14-16-7-2-1-3-8-16)26-23(30)19-13-17-9-4-5-10-18(17)25-19/h1-5,7-10,13,20,25,31H,6,11-12,14-15H2,(H,24,29)(H,26,30)(H,27,28)/t20-/m0/s1. The molecule has 0 unspecified atom stereocenters. The van der Waals surface area contributed by atoms with Crippen molar-refractivity contribution >= 4 is 40.4 Å². The van der Waals surface area contributed by atoms with Crippen LogP contribution in [0.2, 0.25) is 0 Å². The Morgan fingerprint density at radius 2 is 1.78 bits per heavy atom. The van der Waals surface area contributed by atoms with E-state index >= 15 is 0 Å². The molecule has 3 amide bonds. The van der Waals surface area contributed by atoms with E-state index < -0.39 is 11.9 Å². The Bertz CT molecular complexity index is 1020. The van der Waals surface area contributed by atoms with Crippen LogP contribution >= 0.6 is 11.8 Å². The number of para-hydroxylation sites is 1. The van der Waals surface area contributed by atoms with Crippen LogP contribution in [0.1, 0.15) is 28.9 Å². The van der Waals surface area contributed by atoms with Gasteiger partial charge in [-0.1, -0.05) is 48.5 Å². The van der Waals surface area contributed by atoms with Crippen molar-refractivity contribution in [2.45, 2.75) is 25.4 Å². The molecule has 0 bridgehead atoms. The van der Waals surface area contributed by atoms with Crippen LogP contribution in [0.5, 0.6) is 0 Å². The number of nitrogens with one attached hydrogen (secondary N) is 4. The van der Waals surface area contributed by atoms with Crippen LogP contribution in [0.15, 0.2) is 60.7 Å². The third kappa shape index (κ3) is 6.86. The largest absolute Gasteiger partial charge is 0.351 e. The van der Waals surface area contributed by atoms with Crippen LogP contribution in [0.4, 0.5) is 0 Å². The molecule has 0 fully saturated rings. The number of aromatic amines is 1. The molecule has 168 valence electrons. The lowest BCUT2D eigenvalue weighted by Crippen LogP contribution is -2.48. The molecule has 0 aliphatic rings. The van der Waals surface area contributed by atoms with Crippen LogP contribution in [0.3, 0.4) is 0 Å². The van der Waals surface area contributed by atoms with Gasteiger partial charge in [-0.15, -0.1) is 0 Å². The number of fused-ring (bicyclic) bond motifs is 1. The van der Waals surface area contributed by atoms with E-state index in [0.29, 0.717) is 30.2 Å². The number of H-pyrrole nitrogens is 1. The summed E-state index contributed by atoms with van der Waals surface area (Å²) in [6.45, 7) is 0.361. The van der Waals surface area contributed by atoms with Gasteiger partial charge in [-0.2, -0.15) is 11.8 Å².